The first-order chi connectivity index (χ1) is 43.5. The molecular weight excluding hydrogens is 1090 g/mol. The molecule has 90 heavy (non-hydrogen) atoms. The molecule has 0 saturated carbocycles. The SMILES string of the molecule is [C-]#[N+]c1cc(C(C)(C)C)cc2c3cc(C(C)(C)C)ccc3n(-c3ccc4c(c3)N(c3ccc(-c5ccccc5)cc3)c3cc(C(C)(C)C)cc5c3B4c3cc(-c4ccccc4)ccc3N5c3c(-c4ccccc4)cc(-c4ccccc4)cc3-c3ccccc3)c12. The van der Waals surface area contributed by atoms with Gasteiger partial charge in [-0.2, -0.15) is 0 Å². The Morgan fingerprint density at radius 3 is 1.34 bits per heavy atom. The van der Waals surface area contributed by atoms with Gasteiger partial charge in [0.1, 0.15) is 0 Å². The summed E-state index contributed by atoms with van der Waals surface area (Å²) in [5.74, 6) is 0. The fourth-order valence-electron chi connectivity index (χ4n) is 14.0. The van der Waals surface area contributed by atoms with Crippen LogP contribution < -0.4 is 26.2 Å². The second-order valence-electron chi connectivity index (χ2n) is 27.7. The van der Waals surface area contributed by atoms with E-state index < -0.39 is 0 Å². The molecule has 15 rings (SSSR count). The summed E-state index contributed by atoms with van der Waals surface area (Å²) in [4.78, 5) is 9.60. The summed E-state index contributed by atoms with van der Waals surface area (Å²) in [6.07, 6.45) is 0. The highest BCUT2D eigenvalue weighted by Gasteiger charge is 2.45. The molecule has 13 aromatic rings. The highest BCUT2D eigenvalue weighted by molar-refractivity contribution is 7.00. The zero-order valence-electron chi connectivity index (χ0n) is 52.8. The molecule has 0 N–H and O–H groups in total. The standard InChI is InChI=1S/C85H71BN4/c1-83(2,3)63-39-45-75-70(49-63)71-50-64(84(4,5)6)51-74(87-10)82(71)89(75)67-42-43-72-77(54-67)88(66-40-36-58(37-41-66)55-26-16-11-17-27-55)78-52-65(85(7,8)9)53-79-80(78)86(72)73-48-61(56-28-18-12-19-29-56)38-44-76(73)90(79)81-68(59-32-22-14-23-33-59)46-62(57-30-20-13-21-31-57)47-69(81)60-34-24-15-25-35-60/h11-54H,1-9H3. The van der Waals surface area contributed by atoms with Gasteiger partial charge in [-0.05, 0) is 160 Å². The van der Waals surface area contributed by atoms with Crippen LogP contribution in [0, 0.1) is 6.57 Å². The molecule has 0 unspecified atom stereocenters. The summed E-state index contributed by atoms with van der Waals surface area (Å²) in [6.45, 7) is 29.4. The molecule has 0 amide bonds. The molecule has 0 radical (unpaired) electrons. The Hall–Kier alpha value is -10.4. The van der Waals surface area contributed by atoms with Gasteiger partial charge in [-0.15, -0.1) is 0 Å². The maximum atomic E-state index is 8.91. The van der Waals surface area contributed by atoms with Crippen LogP contribution in [-0.2, 0) is 16.2 Å². The van der Waals surface area contributed by atoms with Crippen LogP contribution in [-0.4, -0.2) is 11.3 Å². The van der Waals surface area contributed by atoms with E-state index in [4.69, 9.17) is 6.57 Å². The number of nitrogens with zero attached hydrogens (tertiary/aromatic N) is 4. The Bertz CT molecular complexity index is 4920. The fourth-order valence-corrected chi connectivity index (χ4v) is 14.0. The zero-order valence-corrected chi connectivity index (χ0v) is 52.8. The highest BCUT2D eigenvalue weighted by atomic mass is 15.2. The summed E-state index contributed by atoms with van der Waals surface area (Å²) in [7, 11) is 0. The molecule has 4 nitrogen and oxygen atoms in total. The van der Waals surface area contributed by atoms with Crippen LogP contribution in [0.1, 0.15) is 79.0 Å². The molecule has 12 aromatic carbocycles. The van der Waals surface area contributed by atoms with Crippen molar-refractivity contribution in [3.05, 3.63) is 295 Å². The Kier molecular flexibility index (Phi) is 13.4. The molecule has 0 atom stereocenters. The van der Waals surface area contributed by atoms with Gasteiger partial charge < -0.3 is 14.4 Å². The van der Waals surface area contributed by atoms with E-state index in [9.17, 15) is 0 Å². The van der Waals surface area contributed by atoms with Gasteiger partial charge in [0.25, 0.3) is 6.71 Å². The average Bonchev–Trinajstić information content (AvgIpc) is 0.840. The van der Waals surface area contributed by atoms with Gasteiger partial charge in [-0.1, -0.05) is 268 Å². The van der Waals surface area contributed by atoms with Crippen molar-refractivity contribution in [3.63, 3.8) is 0 Å². The maximum Gasteiger partial charge on any atom is 0.252 e. The summed E-state index contributed by atoms with van der Waals surface area (Å²) < 4.78 is 2.39. The minimum atomic E-state index is -0.270. The third-order valence-electron chi connectivity index (χ3n) is 18.8. The summed E-state index contributed by atoms with van der Waals surface area (Å²) in [5.41, 5.74) is 28.7. The van der Waals surface area contributed by atoms with Gasteiger partial charge in [-0.3, -0.25) is 0 Å². The lowest BCUT2D eigenvalue weighted by Crippen LogP contribution is -2.61. The minimum Gasteiger partial charge on any atom is -0.319 e. The van der Waals surface area contributed by atoms with E-state index in [1.807, 2.05) is 0 Å². The number of hydrogen-bond acceptors (Lipinski definition) is 2. The molecule has 2 aliphatic rings. The number of hydrogen-bond donors (Lipinski definition) is 0. The average molecular weight is 1160 g/mol. The van der Waals surface area contributed by atoms with E-state index in [1.54, 1.807) is 0 Å². The van der Waals surface area contributed by atoms with Gasteiger partial charge in [0.05, 0.1) is 23.3 Å². The van der Waals surface area contributed by atoms with Crippen molar-refractivity contribution in [2.24, 2.45) is 0 Å². The van der Waals surface area contributed by atoms with Crippen LogP contribution in [0.15, 0.2) is 267 Å². The van der Waals surface area contributed by atoms with Crippen LogP contribution >= 0.6 is 0 Å². The zero-order chi connectivity index (χ0) is 61.8. The van der Waals surface area contributed by atoms with Gasteiger partial charge in [0, 0.05) is 50.6 Å². The topological polar surface area (TPSA) is 15.8 Å². The molecule has 1 aromatic heterocycles. The van der Waals surface area contributed by atoms with Crippen LogP contribution in [0.4, 0.5) is 39.8 Å². The summed E-state index contributed by atoms with van der Waals surface area (Å²) in [6, 6.07) is 99.4. The van der Waals surface area contributed by atoms with Crippen LogP contribution in [0.25, 0.3) is 88.0 Å². The molecule has 2 aliphatic heterocycles. The van der Waals surface area contributed by atoms with Gasteiger partial charge in [-0.25, -0.2) is 4.85 Å². The molecule has 0 bridgehead atoms. The summed E-state index contributed by atoms with van der Waals surface area (Å²) in [5, 5.41) is 2.25. The fraction of sp³-hybridized carbons (Fsp3) is 0.141. The Labute approximate surface area is 530 Å². The highest BCUT2D eigenvalue weighted by Crippen LogP contribution is 2.53. The molecule has 0 fully saturated rings. The largest absolute Gasteiger partial charge is 0.319 e. The first-order valence-corrected chi connectivity index (χ1v) is 31.6. The Morgan fingerprint density at radius 2 is 0.800 bits per heavy atom. The molecule has 434 valence electrons. The second kappa shape index (κ2) is 21.4. The number of anilines is 6. The van der Waals surface area contributed by atoms with E-state index in [-0.39, 0.29) is 23.0 Å². The van der Waals surface area contributed by atoms with Crippen molar-refractivity contribution in [1.29, 1.82) is 0 Å². The second-order valence-corrected chi connectivity index (χ2v) is 27.7. The normalized spacial score (nSPS) is 12.9. The maximum absolute atomic E-state index is 8.91. The number of benzene rings is 12. The lowest BCUT2D eigenvalue weighted by Gasteiger charge is -2.46. The molecular formula is C85H71BN4. The molecule has 0 aliphatic carbocycles. The van der Waals surface area contributed by atoms with Crippen molar-refractivity contribution in [2.75, 3.05) is 9.80 Å². The van der Waals surface area contributed by atoms with Crippen molar-refractivity contribution in [1.82, 2.24) is 4.57 Å². The van der Waals surface area contributed by atoms with Crippen molar-refractivity contribution < 1.29 is 0 Å². The van der Waals surface area contributed by atoms with Crippen molar-refractivity contribution >= 4 is 84.7 Å². The van der Waals surface area contributed by atoms with E-state index in [0.717, 1.165) is 112 Å². The number of aromatic nitrogens is 1. The van der Waals surface area contributed by atoms with Crippen LogP contribution in [0.5, 0.6) is 0 Å². The quantitative estimate of drug-likeness (QED) is 0.111. The molecule has 0 saturated heterocycles. The first-order valence-electron chi connectivity index (χ1n) is 31.6. The van der Waals surface area contributed by atoms with Gasteiger partial charge in [0.2, 0.25) is 5.69 Å². The Balaban J connectivity index is 1.08. The molecule has 3 heterocycles. The van der Waals surface area contributed by atoms with Gasteiger partial charge in [0.15, 0.2) is 0 Å². The Morgan fingerprint density at radius 1 is 0.333 bits per heavy atom. The predicted octanol–water partition coefficient (Wildman–Crippen LogP) is 21.6. The van der Waals surface area contributed by atoms with Crippen LogP contribution in [0.3, 0.4) is 0 Å². The monoisotopic (exact) mass is 1160 g/mol. The number of fused-ring (bicyclic) bond motifs is 7. The van der Waals surface area contributed by atoms with E-state index >= 15 is 0 Å². The molecule has 5 heteroatoms. The van der Waals surface area contributed by atoms with Crippen molar-refractivity contribution in [2.45, 2.75) is 78.6 Å². The van der Waals surface area contributed by atoms with E-state index in [0.29, 0.717) is 5.69 Å². The third-order valence-corrected chi connectivity index (χ3v) is 18.8. The van der Waals surface area contributed by atoms with E-state index in [2.05, 4.69) is 348 Å². The smallest absolute Gasteiger partial charge is 0.252 e. The minimum absolute atomic E-state index is 0.0858. The first kappa shape index (κ1) is 56.1. The predicted molar refractivity (Wildman–Crippen MR) is 384 cm³/mol. The lowest BCUT2D eigenvalue weighted by atomic mass is 9.33. The summed E-state index contributed by atoms with van der Waals surface area (Å²) >= 11 is 0. The van der Waals surface area contributed by atoms with Crippen LogP contribution in [0.2, 0.25) is 0 Å². The molecule has 0 spiro atoms. The van der Waals surface area contributed by atoms with Gasteiger partial charge >= 0.3 is 0 Å². The van der Waals surface area contributed by atoms with E-state index in [1.165, 1.54) is 38.6 Å². The van der Waals surface area contributed by atoms with Crippen molar-refractivity contribution in [3.8, 4) is 61.3 Å². The lowest BCUT2D eigenvalue weighted by molar-refractivity contribution is 0.590. The third kappa shape index (κ3) is 9.53. The number of rotatable bonds is 8.